The minimum atomic E-state index is -0.363. The Balaban J connectivity index is 1.69. The second-order valence-electron chi connectivity index (χ2n) is 7.89. The summed E-state index contributed by atoms with van der Waals surface area (Å²) in [5.41, 5.74) is 2.79. The molecule has 0 fully saturated rings. The molecular formula is C28H28N2O4. The molecule has 1 N–H and O–H groups in total. The number of carbonyl (C=O) groups excluding carboxylic acids is 2. The largest absolute Gasteiger partial charge is 0.494 e. The molecule has 0 saturated heterocycles. The van der Waals surface area contributed by atoms with Crippen LogP contribution in [0.4, 0.5) is 5.69 Å². The highest BCUT2D eigenvalue weighted by Crippen LogP contribution is 2.33. The van der Waals surface area contributed by atoms with Crippen molar-refractivity contribution in [3.05, 3.63) is 95.7 Å². The highest BCUT2D eigenvalue weighted by Gasteiger charge is 2.39. The average molecular weight is 457 g/mol. The Labute approximate surface area is 199 Å². The average Bonchev–Trinajstić information content (AvgIpc) is 3.08. The number of anilines is 1. The number of imide groups is 1. The van der Waals surface area contributed by atoms with Crippen LogP contribution in [0.2, 0.25) is 0 Å². The van der Waals surface area contributed by atoms with Gasteiger partial charge in [0.05, 0.1) is 25.3 Å². The molecule has 0 aromatic heterocycles. The number of amides is 2. The zero-order valence-electron chi connectivity index (χ0n) is 19.4. The van der Waals surface area contributed by atoms with Crippen LogP contribution in [0.15, 0.2) is 84.6 Å². The Morgan fingerprint density at radius 3 is 2.26 bits per heavy atom. The van der Waals surface area contributed by atoms with Gasteiger partial charge >= 0.3 is 0 Å². The van der Waals surface area contributed by atoms with E-state index in [0.717, 1.165) is 12.0 Å². The van der Waals surface area contributed by atoms with E-state index in [-0.39, 0.29) is 24.1 Å². The number of nitrogens with one attached hydrogen (secondary N) is 1. The topological polar surface area (TPSA) is 67.9 Å². The maximum absolute atomic E-state index is 13.5. The molecule has 6 heteroatoms. The van der Waals surface area contributed by atoms with Gasteiger partial charge in [-0.2, -0.15) is 0 Å². The van der Waals surface area contributed by atoms with Gasteiger partial charge in [-0.15, -0.1) is 0 Å². The van der Waals surface area contributed by atoms with Crippen LogP contribution in [0.1, 0.15) is 31.4 Å². The third-order valence-corrected chi connectivity index (χ3v) is 5.38. The minimum absolute atomic E-state index is 0.198. The van der Waals surface area contributed by atoms with Gasteiger partial charge in [-0.25, -0.2) is 0 Å². The molecule has 0 radical (unpaired) electrons. The Kier molecular flexibility index (Phi) is 7.28. The van der Waals surface area contributed by atoms with E-state index >= 15 is 0 Å². The van der Waals surface area contributed by atoms with Crippen LogP contribution in [0, 0.1) is 0 Å². The third kappa shape index (κ3) is 5.12. The maximum Gasteiger partial charge on any atom is 0.278 e. The molecule has 2 amide bonds. The summed E-state index contributed by atoms with van der Waals surface area (Å²) in [6, 6.07) is 24.1. The zero-order valence-corrected chi connectivity index (χ0v) is 19.4. The Morgan fingerprint density at radius 2 is 1.56 bits per heavy atom. The van der Waals surface area contributed by atoms with Gasteiger partial charge in [0.2, 0.25) is 0 Å². The highest BCUT2D eigenvalue weighted by atomic mass is 16.5. The molecule has 0 aliphatic carbocycles. The quantitative estimate of drug-likeness (QED) is 0.421. The molecule has 0 saturated carbocycles. The van der Waals surface area contributed by atoms with Crippen molar-refractivity contribution in [1.29, 1.82) is 0 Å². The van der Waals surface area contributed by atoms with Crippen molar-refractivity contribution in [2.75, 3.05) is 18.5 Å². The van der Waals surface area contributed by atoms with E-state index in [2.05, 4.69) is 5.32 Å². The summed E-state index contributed by atoms with van der Waals surface area (Å²) in [6.07, 6.45) is 0.895. The summed E-state index contributed by atoms with van der Waals surface area (Å²) < 4.78 is 11.3. The van der Waals surface area contributed by atoms with E-state index < -0.39 is 0 Å². The van der Waals surface area contributed by atoms with Gasteiger partial charge in [0.1, 0.15) is 17.2 Å². The first kappa shape index (κ1) is 23.1. The number of rotatable bonds is 10. The number of nitrogens with zero attached hydrogens (tertiary/aromatic N) is 1. The normalized spacial score (nSPS) is 13.4. The first-order valence-electron chi connectivity index (χ1n) is 11.5. The lowest BCUT2D eigenvalue weighted by Gasteiger charge is -2.15. The Bertz CT molecular complexity index is 1190. The van der Waals surface area contributed by atoms with Crippen LogP contribution in [-0.4, -0.2) is 29.9 Å². The number of benzene rings is 3. The van der Waals surface area contributed by atoms with Crippen molar-refractivity contribution in [3.8, 4) is 11.5 Å². The van der Waals surface area contributed by atoms with Crippen LogP contribution < -0.4 is 14.8 Å². The lowest BCUT2D eigenvalue weighted by atomic mass is 10.0. The lowest BCUT2D eigenvalue weighted by molar-refractivity contribution is -0.137. The van der Waals surface area contributed by atoms with Gasteiger partial charge in [-0.05, 0) is 48.7 Å². The highest BCUT2D eigenvalue weighted by molar-refractivity contribution is 6.36. The van der Waals surface area contributed by atoms with E-state index in [4.69, 9.17) is 9.47 Å². The molecule has 1 aliphatic rings. The summed E-state index contributed by atoms with van der Waals surface area (Å²) >= 11 is 0. The second kappa shape index (κ2) is 10.7. The van der Waals surface area contributed by atoms with Crippen molar-refractivity contribution in [2.45, 2.75) is 26.8 Å². The molecule has 4 rings (SSSR count). The van der Waals surface area contributed by atoms with E-state index in [9.17, 15) is 9.59 Å². The van der Waals surface area contributed by atoms with Crippen molar-refractivity contribution in [3.63, 3.8) is 0 Å². The number of carbonyl (C=O) groups is 2. The fourth-order valence-corrected chi connectivity index (χ4v) is 3.78. The molecular weight excluding hydrogens is 428 g/mol. The zero-order chi connectivity index (χ0) is 23.9. The second-order valence-corrected chi connectivity index (χ2v) is 7.89. The number of hydrogen-bond donors (Lipinski definition) is 1. The summed E-state index contributed by atoms with van der Waals surface area (Å²) in [5, 5.41) is 3.20. The maximum atomic E-state index is 13.5. The fourth-order valence-electron chi connectivity index (χ4n) is 3.78. The van der Waals surface area contributed by atoms with Crippen molar-refractivity contribution >= 4 is 23.1 Å². The van der Waals surface area contributed by atoms with Gasteiger partial charge in [-0.1, -0.05) is 55.5 Å². The molecule has 34 heavy (non-hydrogen) atoms. The molecule has 0 atom stereocenters. The first-order chi connectivity index (χ1) is 16.6. The monoisotopic (exact) mass is 456 g/mol. The molecule has 3 aromatic rings. The minimum Gasteiger partial charge on any atom is -0.494 e. The van der Waals surface area contributed by atoms with Gasteiger partial charge in [0, 0.05) is 11.8 Å². The van der Waals surface area contributed by atoms with E-state index in [1.165, 1.54) is 4.90 Å². The molecule has 0 unspecified atom stereocenters. The molecule has 174 valence electrons. The van der Waals surface area contributed by atoms with Crippen molar-refractivity contribution in [1.82, 2.24) is 4.90 Å². The standard InChI is InChI=1S/C28H28N2O4/c1-3-17-34-24-12-8-11-22(18-24)29-26-25(21-13-15-23(16-14-21)33-4-2)27(31)30(28(26)32)19-20-9-6-5-7-10-20/h5-16,18,29H,3-4,17,19H2,1-2H3. The first-order valence-corrected chi connectivity index (χ1v) is 11.5. The van der Waals surface area contributed by atoms with Gasteiger partial charge in [0.25, 0.3) is 11.8 Å². The van der Waals surface area contributed by atoms with Crippen LogP contribution in [0.3, 0.4) is 0 Å². The van der Waals surface area contributed by atoms with Crippen molar-refractivity contribution < 1.29 is 19.1 Å². The van der Waals surface area contributed by atoms with Gasteiger partial charge in [-0.3, -0.25) is 14.5 Å². The molecule has 1 aliphatic heterocycles. The predicted molar refractivity (Wildman–Crippen MR) is 132 cm³/mol. The van der Waals surface area contributed by atoms with Crippen LogP contribution >= 0.6 is 0 Å². The van der Waals surface area contributed by atoms with Gasteiger partial charge in [0.15, 0.2) is 0 Å². The van der Waals surface area contributed by atoms with Crippen LogP contribution in [0.5, 0.6) is 11.5 Å². The van der Waals surface area contributed by atoms with E-state index in [1.807, 2.05) is 68.4 Å². The molecule has 0 bridgehead atoms. The fraction of sp³-hybridized carbons (Fsp3) is 0.214. The lowest BCUT2D eigenvalue weighted by Crippen LogP contribution is -2.31. The van der Waals surface area contributed by atoms with Gasteiger partial charge < -0.3 is 14.8 Å². The van der Waals surface area contributed by atoms with Crippen molar-refractivity contribution in [2.24, 2.45) is 0 Å². The summed E-state index contributed by atoms with van der Waals surface area (Å²) in [5.74, 6) is 0.713. The molecule has 0 spiro atoms. The predicted octanol–water partition coefficient (Wildman–Crippen LogP) is 5.27. The van der Waals surface area contributed by atoms with Crippen LogP contribution in [-0.2, 0) is 16.1 Å². The van der Waals surface area contributed by atoms with E-state index in [1.54, 1.807) is 24.3 Å². The molecule has 6 nitrogen and oxygen atoms in total. The summed E-state index contributed by atoms with van der Waals surface area (Å²) in [6.45, 7) is 5.31. The Morgan fingerprint density at radius 1 is 0.794 bits per heavy atom. The molecule has 1 heterocycles. The number of ether oxygens (including phenoxy) is 2. The Hall–Kier alpha value is -4.06. The molecule has 3 aromatic carbocycles. The summed E-state index contributed by atoms with van der Waals surface area (Å²) in [4.78, 5) is 28.2. The SMILES string of the molecule is CCCOc1cccc(NC2=C(c3ccc(OCC)cc3)C(=O)N(Cc3ccccc3)C2=O)c1. The third-order valence-electron chi connectivity index (χ3n) is 5.38. The van der Waals surface area contributed by atoms with E-state index in [0.29, 0.717) is 41.5 Å². The summed E-state index contributed by atoms with van der Waals surface area (Å²) in [7, 11) is 0. The number of hydrogen-bond acceptors (Lipinski definition) is 5. The smallest absolute Gasteiger partial charge is 0.278 e. The van der Waals surface area contributed by atoms with Crippen LogP contribution in [0.25, 0.3) is 5.57 Å².